The molecule has 0 aliphatic rings. The Balaban J connectivity index is 2.22. The summed E-state index contributed by atoms with van der Waals surface area (Å²) < 4.78 is 5.93. The van der Waals surface area contributed by atoms with Gasteiger partial charge in [0.15, 0.2) is 0 Å². The van der Waals surface area contributed by atoms with Gasteiger partial charge in [0.2, 0.25) is 0 Å². The van der Waals surface area contributed by atoms with Gasteiger partial charge in [0.05, 0.1) is 0 Å². The summed E-state index contributed by atoms with van der Waals surface area (Å²) in [6.07, 6.45) is 0. The molecule has 2 heteroatoms. The predicted octanol–water partition coefficient (Wildman–Crippen LogP) is 5.96. The molecule has 2 aromatic rings. The van der Waals surface area contributed by atoms with Gasteiger partial charge in [0.25, 0.3) is 0 Å². The molecule has 0 radical (unpaired) electrons. The minimum atomic E-state index is 0.536. The van der Waals surface area contributed by atoms with Crippen LogP contribution in [-0.2, 0) is 5.88 Å². The van der Waals surface area contributed by atoms with Crippen LogP contribution in [0.5, 0.6) is 11.5 Å². The van der Waals surface area contributed by atoms with Gasteiger partial charge in [-0.1, -0.05) is 26.0 Å². The van der Waals surface area contributed by atoms with Gasteiger partial charge in [-0.15, -0.1) is 11.6 Å². The van der Waals surface area contributed by atoms with Crippen LogP contribution in [0.15, 0.2) is 36.4 Å². The SMILES string of the molecule is Cc1cc(Oc2ccc(C(C)C)c(C)c2)ccc1CCl. The zero-order chi connectivity index (χ0) is 14.7. The third-order valence-corrected chi connectivity index (χ3v) is 3.84. The molecule has 0 heterocycles. The predicted molar refractivity (Wildman–Crippen MR) is 86.1 cm³/mol. The zero-order valence-electron chi connectivity index (χ0n) is 12.5. The van der Waals surface area contributed by atoms with Gasteiger partial charge in [-0.3, -0.25) is 0 Å². The average molecular weight is 289 g/mol. The molecule has 1 nitrogen and oxygen atoms in total. The number of halogens is 1. The molecule has 0 N–H and O–H groups in total. The second kappa shape index (κ2) is 6.32. The summed E-state index contributed by atoms with van der Waals surface area (Å²) in [6.45, 7) is 8.59. The number of rotatable bonds is 4. The van der Waals surface area contributed by atoms with E-state index in [-0.39, 0.29) is 0 Å². The molecule has 0 bridgehead atoms. The highest BCUT2D eigenvalue weighted by Gasteiger charge is 2.06. The zero-order valence-corrected chi connectivity index (χ0v) is 13.3. The molecule has 2 rings (SSSR count). The number of ether oxygens (including phenoxy) is 1. The van der Waals surface area contributed by atoms with Crippen LogP contribution in [0.4, 0.5) is 0 Å². The minimum Gasteiger partial charge on any atom is -0.457 e. The van der Waals surface area contributed by atoms with Crippen molar-refractivity contribution in [1.29, 1.82) is 0 Å². The molecule has 0 aliphatic carbocycles. The quantitative estimate of drug-likeness (QED) is 0.631. The molecular weight excluding hydrogens is 268 g/mol. The van der Waals surface area contributed by atoms with Gasteiger partial charge in [-0.2, -0.15) is 0 Å². The number of aryl methyl sites for hydroxylation is 2. The fraction of sp³-hybridized carbons (Fsp3) is 0.333. The average Bonchev–Trinajstić information content (AvgIpc) is 2.38. The third kappa shape index (κ3) is 3.34. The molecule has 0 atom stereocenters. The van der Waals surface area contributed by atoms with Crippen LogP contribution in [-0.4, -0.2) is 0 Å². The van der Waals surface area contributed by atoms with E-state index < -0.39 is 0 Å². The molecule has 0 amide bonds. The van der Waals surface area contributed by atoms with E-state index in [1.54, 1.807) is 0 Å². The first-order valence-electron chi connectivity index (χ1n) is 6.95. The number of alkyl halides is 1. The van der Waals surface area contributed by atoms with Gasteiger partial charge in [0, 0.05) is 5.88 Å². The maximum absolute atomic E-state index is 5.93. The smallest absolute Gasteiger partial charge is 0.127 e. The number of benzene rings is 2. The van der Waals surface area contributed by atoms with Crippen LogP contribution in [0.1, 0.15) is 42.0 Å². The van der Waals surface area contributed by atoms with E-state index in [0.717, 1.165) is 22.6 Å². The first-order valence-corrected chi connectivity index (χ1v) is 7.48. The fourth-order valence-electron chi connectivity index (χ4n) is 2.38. The van der Waals surface area contributed by atoms with Crippen molar-refractivity contribution in [1.82, 2.24) is 0 Å². The number of hydrogen-bond acceptors (Lipinski definition) is 1. The first kappa shape index (κ1) is 14.9. The van der Waals surface area contributed by atoms with Gasteiger partial charge in [0.1, 0.15) is 11.5 Å². The molecule has 20 heavy (non-hydrogen) atoms. The monoisotopic (exact) mass is 288 g/mol. The lowest BCUT2D eigenvalue weighted by molar-refractivity contribution is 0.481. The Kier molecular flexibility index (Phi) is 4.72. The van der Waals surface area contributed by atoms with E-state index in [1.807, 2.05) is 24.3 Å². The van der Waals surface area contributed by atoms with Gasteiger partial charge < -0.3 is 4.74 Å². The van der Waals surface area contributed by atoms with Crippen molar-refractivity contribution in [2.75, 3.05) is 0 Å². The van der Waals surface area contributed by atoms with Crippen molar-refractivity contribution >= 4 is 11.6 Å². The summed E-state index contributed by atoms with van der Waals surface area (Å²) in [4.78, 5) is 0. The summed E-state index contributed by atoms with van der Waals surface area (Å²) in [5.74, 6) is 2.81. The topological polar surface area (TPSA) is 9.23 Å². The molecule has 2 aromatic carbocycles. The Morgan fingerprint density at radius 1 is 0.950 bits per heavy atom. The molecule has 0 aromatic heterocycles. The van der Waals surface area contributed by atoms with E-state index in [0.29, 0.717) is 11.8 Å². The summed E-state index contributed by atoms with van der Waals surface area (Å²) >= 11 is 5.87. The maximum atomic E-state index is 5.93. The Morgan fingerprint density at radius 2 is 1.55 bits per heavy atom. The second-order valence-electron chi connectivity index (χ2n) is 5.50. The highest BCUT2D eigenvalue weighted by atomic mass is 35.5. The lowest BCUT2D eigenvalue weighted by Crippen LogP contribution is -1.93. The van der Waals surface area contributed by atoms with Crippen molar-refractivity contribution in [3.63, 3.8) is 0 Å². The standard InChI is InChI=1S/C18H21ClO/c1-12(2)18-8-7-17(10-14(18)4)20-16-6-5-15(11-19)13(3)9-16/h5-10,12H,11H2,1-4H3. The van der Waals surface area contributed by atoms with Crippen LogP contribution in [0, 0.1) is 13.8 Å². The molecule has 0 saturated carbocycles. The summed E-state index contributed by atoms with van der Waals surface area (Å²) in [5, 5.41) is 0. The van der Waals surface area contributed by atoms with Crippen LogP contribution >= 0.6 is 11.6 Å². The first-order chi connectivity index (χ1) is 9.51. The van der Waals surface area contributed by atoms with Crippen molar-refractivity contribution < 1.29 is 4.74 Å². The lowest BCUT2D eigenvalue weighted by atomic mass is 9.98. The lowest BCUT2D eigenvalue weighted by Gasteiger charge is -2.13. The third-order valence-electron chi connectivity index (χ3n) is 3.56. The molecule has 0 unspecified atom stereocenters. The summed E-state index contributed by atoms with van der Waals surface area (Å²) in [7, 11) is 0. The maximum Gasteiger partial charge on any atom is 0.127 e. The highest BCUT2D eigenvalue weighted by molar-refractivity contribution is 6.17. The van der Waals surface area contributed by atoms with Crippen molar-refractivity contribution in [3.05, 3.63) is 58.7 Å². The van der Waals surface area contributed by atoms with E-state index in [9.17, 15) is 0 Å². The van der Waals surface area contributed by atoms with Crippen LogP contribution < -0.4 is 4.74 Å². The Bertz CT molecular complexity index is 602. The van der Waals surface area contributed by atoms with Crippen LogP contribution in [0.2, 0.25) is 0 Å². The van der Waals surface area contributed by atoms with Gasteiger partial charge in [-0.25, -0.2) is 0 Å². The van der Waals surface area contributed by atoms with Crippen molar-refractivity contribution in [2.45, 2.75) is 39.5 Å². The molecule has 0 saturated heterocycles. The van der Waals surface area contributed by atoms with Crippen LogP contribution in [0.3, 0.4) is 0 Å². The van der Waals surface area contributed by atoms with E-state index in [2.05, 4.69) is 39.8 Å². The summed E-state index contributed by atoms with van der Waals surface area (Å²) in [5.41, 5.74) is 4.94. The normalized spacial score (nSPS) is 10.9. The Morgan fingerprint density at radius 3 is 2.05 bits per heavy atom. The molecule has 0 fully saturated rings. The second-order valence-corrected chi connectivity index (χ2v) is 5.76. The molecular formula is C18H21ClO. The van der Waals surface area contributed by atoms with E-state index in [1.165, 1.54) is 11.1 Å². The van der Waals surface area contributed by atoms with Crippen molar-refractivity contribution in [3.8, 4) is 11.5 Å². The van der Waals surface area contributed by atoms with Gasteiger partial charge >= 0.3 is 0 Å². The molecule has 0 aliphatic heterocycles. The van der Waals surface area contributed by atoms with Crippen LogP contribution in [0.25, 0.3) is 0 Å². The minimum absolute atomic E-state index is 0.536. The Labute approximate surface area is 126 Å². The summed E-state index contributed by atoms with van der Waals surface area (Å²) in [6, 6.07) is 12.3. The molecule has 106 valence electrons. The van der Waals surface area contributed by atoms with Gasteiger partial charge in [-0.05, 0) is 66.3 Å². The molecule has 0 spiro atoms. The highest BCUT2D eigenvalue weighted by Crippen LogP contribution is 2.28. The largest absolute Gasteiger partial charge is 0.457 e. The fourth-order valence-corrected chi connectivity index (χ4v) is 2.68. The van der Waals surface area contributed by atoms with E-state index in [4.69, 9.17) is 16.3 Å². The van der Waals surface area contributed by atoms with E-state index >= 15 is 0 Å². The van der Waals surface area contributed by atoms with Crippen molar-refractivity contribution in [2.24, 2.45) is 0 Å². The Hall–Kier alpha value is -1.47. The number of hydrogen-bond donors (Lipinski definition) is 0.